The summed E-state index contributed by atoms with van der Waals surface area (Å²) < 4.78 is 10.6. The van der Waals surface area contributed by atoms with Gasteiger partial charge < -0.3 is 5.32 Å². The van der Waals surface area contributed by atoms with Crippen molar-refractivity contribution in [2.75, 3.05) is 7.05 Å². The second-order valence-electron chi connectivity index (χ2n) is 1.39. The number of hydrogen-bond donors (Lipinski definition) is 1. The van der Waals surface area contributed by atoms with Gasteiger partial charge in [-0.15, -0.1) is 0 Å². The molecule has 46 valence electrons. The predicted octanol–water partition coefficient (Wildman–Crippen LogP) is 0.456. The van der Waals surface area contributed by atoms with Crippen molar-refractivity contribution in [1.29, 1.82) is 0 Å². The molecule has 0 amide bonds. The molecule has 1 aliphatic rings. The van der Waals surface area contributed by atoms with Gasteiger partial charge in [-0.1, -0.05) is 0 Å². The first kappa shape index (κ1) is 6.32. The highest BCUT2D eigenvalue weighted by atomic mass is 33.1. The van der Waals surface area contributed by atoms with Crippen molar-refractivity contribution >= 4 is 20.6 Å². The largest absolute Gasteiger partial charge is 0.304 e. The van der Waals surface area contributed by atoms with Crippen LogP contribution in [0.1, 0.15) is 0 Å². The Bertz CT molecular complexity index is 134. The minimum atomic E-state index is -0.779. The fourth-order valence-corrected chi connectivity index (χ4v) is 2.82. The smallest absolute Gasteiger partial charge is 0.107 e. The lowest BCUT2D eigenvalue weighted by Crippen LogP contribution is -2.15. The summed E-state index contributed by atoms with van der Waals surface area (Å²) in [6, 6.07) is 0. The van der Waals surface area contributed by atoms with E-state index in [0.717, 1.165) is 0 Å². The van der Waals surface area contributed by atoms with Crippen molar-refractivity contribution in [3.8, 4) is 0 Å². The molecule has 0 aromatic carbocycles. The fraction of sp³-hybridized carbons (Fsp3) is 0.500. The van der Waals surface area contributed by atoms with Gasteiger partial charge in [0.2, 0.25) is 0 Å². The van der Waals surface area contributed by atoms with Crippen LogP contribution in [0.15, 0.2) is 11.5 Å². The second-order valence-corrected chi connectivity index (χ2v) is 4.45. The van der Waals surface area contributed by atoms with E-state index in [1.54, 1.807) is 5.41 Å². The molecule has 0 saturated heterocycles. The van der Waals surface area contributed by atoms with Crippen molar-refractivity contribution in [3.63, 3.8) is 0 Å². The molecule has 2 nitrogen and oxygen atoms in total. The van der Waals surface area contributed by atoms with Gasteiger partial charge >= 0.3 is 0 Å². The lowest BCUT2D eigenvalue weighted by molar-refractivity contribution is 0.696. The van der Waals surface area contributed by atoms with Crippen LogP contribution in [0.3, 0.4) is 0 Å². The van der Waals surface area contributed by atoms with Gasteiger partial charge in [0.15, 0.2) is 0 Å². The highest BCUT2D eigenvalue weighted by molar-refractivity contribution is 8.70. The maximum absolute atomic E-state index is 10.6. The van der Waals surface area contributed by atoms with Crippen molar-refractivity contribution in [2.45, 2.75) is 5.37 Å². The van der Waals surface area contributed by atoms with Gasteiger partial charge in [-0.05, 0) is 23.9 Å². The van der Waals surface area contributed by atoms with Crippen LogP contribution < -0.4 is 5.32 Å². The first-order valence-corrected chi connectivity index (χ1v) is 4.87. The van der Waals surface area contributed by atoms with E-state index in [4.69, 9.17) is 0 Å². The molecule has 1 heterocycles. The van der Waals surface area contributed by atoms with Crippen molar-refractivity contribution < 1.29 is 4.21 Å². The Kier molecular flexibility index (Phi) is 2.10. The third-order valence-electron chi connectivity index (χ3n) is 0.847. The molecule has 8 heavy (non-hydrogen) atoms. The highest BCUT2D eigenvalue weighted by Crippen LogP contribution is 2.22. The molecule has 4 heteroatoms. The molecule has 0 bridgehead atoms. The van der Waals surface area contributed by atoms with E-state index in [9.17, 15) is 4.21 Å². The summed E-state index contributed by atoms with van der Waals surface area (Å²) in [6.45, 7) is 0. The Morgan fingerprint density at radius 2 is 2.62 bits per heavy atom. The zero-order valence-electron chi connectivity index (χ0n) is 4.46. The van der Waals surface area contributed by atoms with E-state index in [1.807, 2.05) is 13.1 Å². The summed E-state index contributed by atoms with van der Waals surface area (Å²) in [5.74, 6) is 0. The third-order valence-corrected chi connectivity index (χ3v) is 3.54. The Balaban J connectivity index is 2.46. The number of rotatable bonds is 1. The van der Waals surface area contributed by atoms with Gasteiger partial charge in [-0.2, -0.15) is 0 Å². The van der Waals surface area contributed by atoms with Gasteiger partial charge in [0.05, 0.1) is 5.37 Å². The summed E-state index contributed by atoms with van der Waals surface area (Å²) in [4.78, 5) is 0. The first-order chi connectivity index (χ1) is 3.83. The van der Waals surface area contributed by atoms with E-state index in [-0.39, 0.29) is 5.37 Å². The second kappa shape index (κ2) is 2.66. The van der Waals surface area contributed by atoms with Crippen molar-refractivity contribution in [3.05, 3.63) is 11.5 Å². The lowest BCUT2D eigenvalue weighted by Gasteiger charge is -1.99. The van der Waals surface area contributed by atoms with E-state index in [0.29, 0.717) is 0 Å². The molecule has 0 aromatic heterocycles. The minimum absolute atomic E-state index is 0.260. The van der Waals surface area contributed by atoms with E-state index < -0.39 is 9.83 Å². The summed E-state index contributed by atoms with van der Waals surface area (Å²) in [6.07, 6.45) is 1.90. The molecule has 1 aliphatic heterocycles. The lowest BCUT2D eigenvalue weighted by atomic mass is 10.6. The Morgan fingerprint density at radius 1 is 1.88 bits per heavy atom. The van der Waals surface area contributed by atoms with Gasteiger partial charge in [0.25, 0.3) is 0 Å². The number of hydrogen-bond acceptors (Lipinski definition) is 3. The topological polar surface area (TPSA) is 29.1 Å². The van der Waals surface area contributed by atoms with Crippen LogP contribution in [0.4, 0.5) is 0 Å². The summed E-state index contributed by atoms with van der Waals surface area (Å²) in [5.41, 5.74) is 0. The van der Waals surface area contributed by atoms with E-state index >= 15 is 0 Å². The normalized spacial score (nSPS) is 36.1. The summed E-state index contributed by atoms with van der Waals surface area (Å²) >= 11 is 0. The maximum Gasteiger partial charge on any atom is 0.107 e. The standard InChI is InChI=1S/C4H7NOS2/c1-5-4-2-3-8(6)7-4/h2-5H,1H3. The zero-order chi connectivity index (χ0) is 5.98. The van der Waals surface area contributed by atoms with Crippen LogP contribution in [-0.2, 0) is 9.83 Å². The quantitative estimate of drug-likeness (QED) is 0.549. The van der Waals surface area contributed by atoms with Crippen LogP contribution in [0.2, 0.25) is 0 Å². The molecule has 1 N–H and O–H groups in total. The molecule has 2 atom stereocenters. The molecular formula is C4H7NOS2. The summed E-state index contributed by atoms with van der Waals surface area (Å²) in [7, 11) is 2.49. The number of nitrogens with one attached hydrogen (secondary N) is 1. The average molecular weight is 149 g/mol. The molecular weight excluding hydrogens is 142 g/mol. The van der Waals surface area contributed by atoms with E-state index in [2.05, 4.69) is 5.32 Å². The van der Waals surface area contributed by atoms with Crippen LogP contribution >= 0.6 is 10.8 Å². The molecule has 0 saturated carbocycles. The van der Waals surface area contributed by atoms with Gasteiger partial charge in [0, 0.05) is 5.41 Å². The number of likely N-dealkylation sites (N-methyl/N-ethyl adjacent to an activating group) is 1. The first-order valence-electron chi connectivity index (χ1n) is 2.26. The minimum Gasteiger partial charge on any atom is -0.304 e. The predicted molar refractivity (Wildman–Crippen MR) is 37.7 cm³/mol. The molecule has 2 unspecified atom stereocenters. The molecule has 0 fully saturated rings. The van der Waals surface area contributed by atoms with Crippen molar-refractivity contribution in [1.82, 2.24) is 5.32 Å². The Labute approximate surface area is 54.6 Å². The van der Waals surface area contributed by atoms with Crippen molar-refractivity contribution in [2.24, 2.45) is 0 Å². The van der Waals surface area contributed by atoms with Crippen LogP contribution in [-0.4, -0.2) is 16.6 Å². The average Bonchev–Trinajstić information content (AvgIpc) is 2.14. The van der Waals surface area contributed by atoms with Crippen LogP contribution in [0, 0.1) is 0 Å². The maximum atomic E-state index is 10.6. The molecule has 1 rings (SSSR count). The highest BCUT2D eigenvalue weighted by Gasteiger charge is 2.11. The summed E-state index contributed by atoms with van der Waals surface area (Å²) in [5, 5.41) is 4.94. The molecule has 0 radical (unpaired) electrons. The third kappa shape index (κ3) is 1.34. The molecule has 0 aromatic rings. The zero-order valence-corrected chi connectivity index (χ0v) is 6.09. The van der Waals surface area contributed by atoms with Gasteiger partial charge in [-0.3, -0.25) is 0 Å². The monoisotopic (exact) mass is 149 g/mol. The SMILES string of the molecule is CNC1C=CS(=O)S1. The molecule has 0 aliphatic carbocycles. The molecule has 0 spiro atoms. The fourth-order valence-electron chi connectivity index (χ4n) is 0.446. The van der Waals surface area contributed by atoms with Crippen LogP contribution in [0.25, 0.3) is 0 Å². The Hall–Kier alpha value is 0.200. The van der Waals surface area contributed by atoms with Gasteiger partial charge in [-0.25, -0.2) is 4.21 Å². The van der Waals surface area contributed by atoms with E-state index in [1.165, 1.54) is 10.8 Å². The van der Waals surface area contributed by atoms with Gasteiger partial charge in [0.1, 0.15) is 9.83 Å². The Morgan fingerprint density at radius 3 is 2.88 bits per heavy atom. The van der Waals surface area contributed by atoms with Crippen LogP contribution in [0.5, 0.6) is 0 Å².